The zero-order chi connectivity index (χ0) is 13.8. The summed E-state index contributed by atoms with van der Waals surface area (Å²) >= 11 is 3.34. The second-order valence-electron chi connectivity index (χ2n) is 3.97. The molecule has 2 atom stereocenters. The number of hydrogen-bond donors (Lipinski definition) is 1. The van der Waals surface area contributed by atoms with Gasteiger partial charge in [-0.2, -0.15) is 5.26 Å². The number of sulfonamides is 1. The maximum Gasteiger partial charge on any atom is 0.228 e. The highest BCUT2D eigenvalue weighted by molar-refractivity contribution is 9.10. The largest absolute Gasteiger partial charge is 0.228 e. The molecule has 98 valence electrons. The molecule has 1 aromatic carbocycles. The molecule has 0 bridgehead atoms. The van der Waals surface area contributed by atoms with Crippen molar-refractivity contribution in [3.05, 3.63) is 34.3 Å². The highest BCUT2D eigenvalue weighted by Crippen LogP contribution is 2.19. The normalized spacial score (nSPS) is 14.8. The minimum absolute atomic E-state index is 0.275. The molecule has 0 spiro atoms. The molecular weight excluding hydrogens is 316 g/mol. The zero-order valence-electron chi connectivity index (χ0n) is 10.2. The van der Waals surface area contributed by atoms with Gasteiger partial charge in [0.15, 0.2) is 5.25 Å². The average molecular weight is 331 g/mol. The SMILES string of the molecule is CCC(C#N)S(=O)(=O)NC(C)c1cccc(Br)c1. The van der Waals surface area contributed by atoms with Crippen molar-refractivity contribution < 1.29 is 8.42 Å². The van der Waals surface area contributed by atoms with Gasteiger partial charge in [-0.15, -0.1) is 0 Å². The summed E-state index contributed by atoms with van der Waals surface area (Å²) in [6.45, 7) is 3.43. The maximum absolute atomic E-state index is 11.9. The molecule has 0 amide bonds. The van der Waals surface area contributed by atoms with Gasteiger partial charge in [-0.3, -0.25) is 0 Å². The van der Waals surface area contributed by atoms with Crippen LogP contribution in [0.3, 0.4) is 0 Å². The van der Waals surface area contributed by atoms with E-state index in [1.165, 1.54) is 0 Å². The van der Waals surface area contributed by atoms with E-state index in [1.807, 2.05) is 24.3 Å². The summed E-state index contributed by atoms with van der Waals surface area (Å²) in [5.41, 5.74) is 0.848. The zero-order valence-corrected chi connectivity index (χ0v) is 12.6. The van der Waals surface area contributed by atoms with Gasteiger partial charge in [-0.25, -0.2) is 13.1 Å². The van der Waals surface area contributed by atoms with Crippen LogP contribution >= 0.6 is 15.9 Å². The minimum Gasteiger partial charge on any atom is -0.211 e. The summed E-state index contributed by atoms with van der Waals surface area (Å²) in [6.07, 6.45) is 0.275. The van der Waals surface area contributed by atoms with Gasteiger partial charge in [0.2, 0.25) is 10.0 Å². The fraction of sp³-hybridized carbons (Fsp3) is 0.417. The smallest absolute Gasteiger partial charge is 0.211 e. The molecule has 0 radical (unpaired) electrons. The molecule has 0 aliphatic heterocycles. The number of rotatable bonds is 5. The van der Waals surface area contributed by atoms with Crippen LogP contribution < -0.4 is 4.72 Å². The fourth-order valence-corrected chi connectivity index (χ4v) is 3.34. The molecule has 1 aromatic rings. The Morgan fingerprint density at radius 3 is 2.67 bits per heavy atom. The maximum atomic E-state index is 11.9. The van der Waals surface area contributed by atoms with E-state index in [1.54, 1.807) is 19.9 Å². The summed E-state index contributed by atoms with van der Waals surface area (Å²) in [6, 6.07) is 8.83. The summed E-state index contributed by atoms with van der Waals surface area (Å²) in [7, 11) is -3.61. The van der Waals surface area contributed by atoms with Crippen LogP contribution in [0.1, 0.15) is 31.9 Å². The van der Waals surface area contributed by atoms with Gasteiger partial charge in [0.05, 0.1) is 6.07 Å². The summed E-state index contributed by atoms with van der Waals surface area (Å²) in [4.78, 5) is 0. The first-order valence-electron chi connectivity index (χ1n) is 5.57. The monoisotopic (exact) mass is 330 g/mol. The molecule has 0 heterocycles. The van der Waals surface area contributed by atoms with E-state index in [0.717, 1.165) is 10.0 Å². The summed E-state index contributed by atoms with van der Waals surface area (Å²) in [5.74, 6) is 0. The van der Waals surface area contributed by atoms with Gasteiger partial charge in [0, 0.05) is 10.5 Å². The predicted octanol–water partition coefficient (Wildman–Crippen LogP) is 2.73. The van der Waals surface area contributed by atoms with Gasteiger partial charge in [0.1, 0.15) is 0 Å². The molecule has 0 saturated heterocycles. The first kappa shape index (κ1) is 15.2. The standard InChI is InChI=1S/C12H15BrN2O2S/c1-3-12(8-14)18(16,17)15-9(2)10-5-4-6-11(13)7-10/h4-7,9,12,15H,3H2,1-2H3. The van der Waals surface area contributed by atoms with E-state index in [2.05, 4.69) is 20.7 Å². The van der Waals surface area contributed by atoms with E-state index in [9.17, 15) is 8.42 Å². The number of nitrogens with zero attached hydrogens (tertiary/aromatic N) is 1. The van der Waals surface area contributed by atoms with Crippen LogP contribution in [0.2, 0.25) is 0 Å². The van der Waals surface area contributed by atoms with Gasteiger partial charge < -0.3 is 0 Å². The van der Waals surface area contributed by atoms with Crippen molar-refractivity contribution in [2.24, 2.45) is 0 Å². The molecule has 0 aliphatic carbocycles. The van der Waals surface area contributed by atoms with Crippen molar-refractivity contribution in [1.82, 2.24) is 4.72 Å². The first-order valence-corrected chi connectivity index (χ1v) is 7.91. The second kappa shape index (κ2) is 6.32. The van der Waals surface area contributed by atoms with Crippen molar-refractivity contribution in [1.29, 1.82) is 5.26 Å². The topological polar surface area (TPSA) is 70.0 Å². The molecule has 1 N–H and O–H groups in total. The first-order chi connectivity index (χ1) is 8.40. The third-order valence-electron chi connectivity index (χ3n) is 2.58. The Morgan fingerprint density at radius 2 is 2.17 bits per heavy atom. The molecule has 18 heavy (non-hydrogen) atoms. The molecule has 2 unspecified atom stereocenters. The van der Waals surface area contributed by atoms with E-state index in [0.29, 0.717) is 0 Å². The van der Waals surface area contributed by atoms with E-state index in [4.69, 9.17) is 5.26 Å². The van der Waals surface area contributed by atoms with Crippen LogP contribution in [0.4, 0.5) is 0 Å². The van der Waals surface area contributed by atoms with Crippen molar-refractivity contribution >= 4 is 26.0 Å². The van der Waals surface area contributed by atoms with E-state index in [-0.39, 0.29) is 12.5 Å². The second-order valence-corrected chi connectivity index (χ2v) is 6.78. The highest BCUT2D eigenvalue weighted by Gasteiger charge is 2.25. The Hall–Kier alpha value is -0.900. The lowest BCUT2D eigenvalue weighted by atomic mass is 10.1. The molecule has 0 aliphatic rings. The van der Waals surface area contributed by atoms with Crippen LogP contribution in [0, 0.1) is 11.3 Å². The molecule has 0 fully saturated rings. The van der Waals surface area contributed by atoms with Crippen LogP contribution in [-0.2, 0) is 10.0 Å². The van der Waals surface area contributed by atoms with Crippen LogP contribution in [0.25, 0.3) is 0 Å². The minimum atomic E-state index is -3.61. The van der Waals surface area contributed by atoms with Gasteiger partial charge in [-0.05, 0) is 31.0 Å². The number of halogens is 1. The van der Waals surface area contributed by atoms with Crippen molar-refractivity contribution in [2.75, 3.05) is 0 Å². The Balaban J connectivity index is 2.89. The van der Waals surface area contributed by atoms with Gasteiger partial charge in [-0.1, -0.05) is 35.0 Å². The summed E-state index contributed by atoms with van der Waals surface area (Å²) in [5, 5.41) is 7.81. The number of benzene rings is 1. The highest BCUT2D eigenvalue weighted by atomic mass is 79.9. The molecule has 0 saturated carbocycles. The number of hydrogen-bond acceptors (Lipinski definition) is 3. The molecule has 0 aromatic heterocycles. The molecule has 6 heteroatoms. The lowest BCUT2D eigenvalue weighted by molar-refractivity contribution is 0.558. The Morgan fingerprint density at radius 1 is 1.50 bits per heavy atom. The average Bonchev–Trinajstić information content (AvgIpc) is 2.29. The molecule has 1 rings (SSSR count). The third-order valence-corrected chi connectivity index (χ3v) is 4.94. The Labute approximate surface area is 116 Å². The van der Waals surface area contributed by atoms with Crippen LogP contribution in [0.5, 0.6) is 0 Å². The van der Waals surface area contributed by atoms with E-state index >= 15 is 0 Å². The van der Waals surface area contributed by atoms with Crippen molar-refractivity contribution in [2.45, 2.75) is 31.6 Å². The number of nitriles is 1. The van der Waals surface area contributed by atoms with E-state index < -0.39 is 15.3 Å². The van der Waals surface area contributed by atoms with Crippen molar-refractivity contribution in [3.8, 4) is 6.07 Å². The lowest BCUT2D eigenvalue weighted by Crippen LogP contribution is -2.34. The lowest BCUT2D eigenvalue weighted by Gasteiger charge is -2.16. The Bertz CT molecular complexity index is 551. The predicted molar refractivity (Wildman–Crippen MR) is 74.3 cm³/mol. The van der Waals surface area contributed by atoms with Crippen molar-refractivity contribution in [3.63, 3.8) is 0 Å². The summed E-state index contributed by atoms with van der Waals surface area (Å²) < 4.78 is 27.3. The van der Waals surface area contributed by atoms with Crippen LogP contribution in [-0.4, -0.2) is 13.7 Å². The van der Waals surface area contributed by atoms with Gasteiger partial charge >= 0.3 is 0 Å². The van der Waals surface area contributed by atoms with Crippen LogP contribution in [0.15, 0.2) is 28.7 Å². The number of nitrogens with one attached hydrogen (secondary N) is 1. The third kappa shape index (κ3) is 3.80. The molecule has 4 nitrogen and oxygen atoms in total. The van der Waals surface area contributed by atoms with Gasteiger partial charge in [0.25, 0.3) is 0 Å². The Kier molecular flexibility index (Phi) is 5.32. The fourth-order valence-electron chi connectivity index (χ4n) is 1.55. The molecular formula is C12H15BrN2O2S. The quantitative estimate of drug-likeness (QED) is 0.902.